The molecule has 4 nitrogen and oxygen atoms in total. The van der Waals surface area contributed by atoms with Crippen LogP contribution in [0.25, 0.3) is 0 Å². The van der Waals surface area contributed by atoms with E-state index in [-0.39, 0.29) is 24.3 Å². The van der Waals surface area contributed by atoms with E-state index in [9.17, 15) is 9.59 Å². The molecule has 0 rings (SSSR count). The molecule has 0 aromatic heterocycles. The van der Waals surface area contributed by atoms with Gasteiger partial charge in [0.2, 0.25) is 5.91 Å². The van der Waals surface area contributed by atoms with Crippen LogP contribution < -0.4 is 5.73 Å². The van der Waals surface area contributed by atoms with Crippen LogP contribution in [0.5, 0.6) is 0 Å². The first-order chi connectivity index (χ1) is 6.34. The number of nitrogens with zero attached hydrogens (tertiary/aromatic N) is 1. The first-order valence-electron chi connectivity index (χ1n) is 4.89. The molecular weight excluding hydrogens is 180 g/mol. The third kappa shape index (κ3) is 4.97. The number of carbonyl (C=O) groups excluding carboxylic acids is 2. The van der Waals surface area contributed by atoms with E-state index in [1.807, 2.05) is 27.7 Å². The van der Waals surface area contributed by atoms with Gasteiger partial charge < -0.3 is 5.73 Å². The maximum absolute atomic E-state index is 11.4. The zero-order valence-corrected chi connectivity index (χ0v) is 9.41. The van der Waals surface area contributed by atoms with Gasteiger partial charge in [-0.25, -0.2) is 0 Å². The molecule has 14 heavy (non-hydrogen) atoms. The summed E-state index contributed by atoms with van der Waals surface area (Å²) in [6.07, 6.45) is 0. The van der Waals surface area contributed by atoms with Crippen molar-refractivity contribution in [2.24, 2.45) is 11.7 Å². The van der Waals surface area contributed by atoms with Crippen molar-refractivity contribution in [3.8, 4) is 0 Å². The summed E-state index contributed by atoms with van der Waals surface area (Å²) in [4.78, 5) is 24.0. The highest BCUT2D eigenvalue weighted by Crippen LogP contribution is 2.02. The van der Waals surface area contributed by atoms with Crippen molar-refractivity contribution in [2.75, 3.05) is 13.1 Å². The summed E-state index contributed by atoms with van der Waals surface area (Å²) in [5.41, 5.74) is 5.09. The fourth-order valence-electron chi connectivity index (χ4n) is 1.00. The van der Waals surface area contributed by atoms with Crippen molar-refractivity contribution in [3.63, 3.8) is 0 Å². The summed E-state index contributed by atoms with van der Waals surface area (Å²) in [7, 11) is 0. The topological polar surface area (TPSA) is 63.4 Å². The Bertz CT molecular complexity index is 212. The van der Waals surface area contributed by atoms with E-state index in [1.165, 1.54) is 0 Å². The Labute approximate surface area is 85.4 Å². The Morgan fingerprint density at radius 1 is 1.14 bits per heavy atom. The minimum absolute atomic E-state index is 0.00382. The summed E-state index contributed by atoms with van der Waals surface area (Å²) in [5, 5.41) is 0. The number of primary amides is 1. The predicted octanol–water partition coefficient (Wildman–Crippen LogP) is 0.407. The fraction of sp³-hybridized carbons (Fsp3) is 0.800. The van der Waals surface area contributed by atoms with E-state index >= 15 is 0 Å². The number of nitrogens with two attached hydrogens (primary N) is 1. The second-order valence-electron chi connectivity index (χ2n) is 4.09. The van der Waals surface area contributed by atoms with Gasteiger partial charge in [-0.05, 0) is 13.8 Å². The van der Waals surface area contributed by atoms with Gasteiger partial charge in [-0.2, -0.15) is 0 Å². The van der Waals surface area contributed by atoms with Crippen LogP contribution in [0, 0.1) is 5.92 Å². The summed E-state index contributed by atoms with van der Waals surface area (Å²) in [5.74, 6) is -0.251. The van der Waals surface area contributed by atoms with Gasteiger partial charge in [-0.15, -0.1) is 0 Å². The van der Waals surface area contributed by atoms with Crippen LogP contribution in [0.1, 0.15) is 27.7 Å². The molecule has 1 amide bonds. The van der Waals surface area contributed by atoms with E-state index in [4.69, 9.17) is 5.73 Å². The molecule has 0 atom stereocenters. The number of rotatable bonds is 6. The zero-order valence-electron chi connectivity index (χ0n) is 9.41. The smallest absolute Gasteiger partial charge is 0.231 e. The van der Waals surface area contributed by atoms with E-state index in [0.29, 0.717) is 6.54 Å². The second-order valence-corrected chi connectivity index (χ2v) is 4.09. The van der Waals surface area contributed by atoms with Crippen molar-refractivity contribution < 1.29 is 9.59 Å². The zero-order chi connectivity index (χ0) is 11.3. The van der Waals surface area contributed by atoms with Gasteiger partial charge in [-0.3, -0.25) is 14.5 Å². The Balaban J connectivity index is 4.23. The normalized spacial score (nSPS) is 11.4. The number of hydrogen-bond donors (Lipinski definition) is 1. The van der Waals surface area contributed by atoms with Gasteiger partial charge in [0, 0.05) is 12.0 Å². The van der Waals surface area contributed by atoms with E-state index in [0.717, 1.165) is 0 Å². The van der Waals surface area contributed by atoms with Crippen LogP contribution in [-0.4, -0.2) is 35.7 Å². The van der Waals surface area contributed by atoms with Crippen LogP contribution in [0.4, 0.5) is 0 Å². The van der Waals surface area contributed by atoms with Crippen molar-refractivity contribution in [2.45, 2.75) is 33.7 Å². The molecule has 0 aliphatic carbocycles. The highest BCUT2D eigenvalue weighted by atomic mass is 16.1. The maximum Gasteiger partial charge on any atom is 0.231 e. The molecule has 0 bridgehead atoms. The molecule has 2 N–H and O–H groups in total. The standard InChI is InChI=1S/C10H20N2O2/c1-7(2)9(13)5-12(8(3)4)6-10(11)14/h7-8H,5-6H2,1-4H3,(H2,11,14). The van der Waals surface area contributed by atoms with Gasteiger partial charge in [0.15, 0.2) is 0 Å². The Hall–Kier alpha value is -0.900. The van der Waals surface area contributed by atoms with E-state index in [2.05, 4.69) is 0 Å². The molecule has 0 saturated heterocycles. The first kappa shape index (κ1) is 13.1. The molecule has 0 aliphatic rings. The summed E-state index contributed by atoms with van der Waals surface area (Å²) in [6, 6.07) is 0.158. The molecular formula is C10H20N2O2. The van der Waals surface area contributed by atoms with Gasteiger partial charge >= 0.3 is 0 Å². The lowest BCUT2D eigenvalue weighted by Gasteiger charge is -2.24. The van der Waals surface area contributed by atoms with E-state index in [1.54, 1.807) is 4.90 Å². The number of hydrogen-bond acceptors (Lipinski definition) is 3. The molecule has 0 aromatic rings. The largest absolute Gasteiger partial charge is 0.369 e. The maximum atomic E-state index is 11.4. The van der Waals surface area contributed by atoms with Gasteiger partial charge in [0.25, 0.3) is 0 Å². The van der Waals surface area contributed by atoms with Crippen LogP contribution in [0.15, 0.2) is 0 Å². The monoisotopic (exact) mass is 200 g/mol. The molecule has 0 heterocycles. The van der Waals surface area contributed by atoms with Crippen molar-refractivity contribution in [1.29, 1.82) is 0 Å². The van der Waals surface area contributed by atoms with Crippen LogP contribution in [0.2, 0.25) is 0 Å². The highest BCUT2D eigenvalue weighted by molar-refractivity contribution is 5.83. The molecule has 0 aromatic carbocycles. The van der Waals surface area contributed by atoms with E-state index < -0.39 is 5.91 Å². The highest BCUT2D eigenvalue weighted by Gasteiger charge is 2.17. The molecule has 0 radical (unpaired) electrons. The lowest BCUT2D eigenvalue weighted by atomic mass is 10.1. The van der Waals surface area contributed by atoms with Crippen molar-refractivity contribution >= 4 is 11.7 Å². The third-order valence-electron chi connectivity index (χ3n) is 2.09. The minimum atomic E-state index is -0.393. The molecule has 82 valence electrons. The van der Waals surface area contributed by atoms with Crippen molar-refractivity contribution in [1.82, 2.24) is 4.90 Å². The van der Waals surface area contributed by atoms with Gasteiger partial charge in [0.05, 0.1) is 13.1 Å². The number of amides is 1. The minimum Gasteiger partial charge on any atom is -0.369 e. The third-order valence-corrected chi connectivity index (χ3v) is 2.09. The molecule has 4 heteroatoms. The van der Waals surface area contributed by atoms with Crippen LogP contribution in [-0.2, 0) is 9.59 Å². The van der Waals surface area contributed by atoms with Crippen LogP contribution in [0.3, 0.4) is 0 Å². The predicted molar refractivity (Wildman–Crippen MR) is 55.7 cm³/mol. The lowest BCUT2D eigenvalue weighted by molar-refractivity contribution is -0.125. The molecule has 0 aliphatic heterocycles. The van der Waals surface area contributed by atoms with Gasteiger partial charge in [0.1, 0.15) is 5.78 Å². The molecule has 0 spiro atoms. The summed E-state index contributed by atoms with van der Waals surface area (Å²) in [6.45, 7) is 8.04. The number of carbonyl (C=O) groups is 2. The van der Waals surface area contributed by atoms with Gasteiger partial charge in [-0.1, -0.05) is 13.8 Å². The quantitative estimate of drug-likeness (QED) is 0.675. The summed E-state index contributed by atoms with van der Waals surface area (Å²) >= 11 is 0. The Kier molecular flexibility index (Phi) is 5.38. The number of Topliss-reactive ketones (excluding diaryl/α,β-unsaturated/α-hetero) is 1. The average molecular weight is 200 g/mol. The van der Waals surface area contributed by atoms with Crippen molar-refractivity contribution in [3.05, 3.63) is 0 Å². The first-order valence-corrected chi connectivity index (χ1v) is 4.89. The summed E-state index contributed by atoms with van der Waals surface area (Å²) < 4.78 is 0. The second kappa shape index (κ2) is 5.75. The fourth-order valence-corrected chi connectivity index (χ4v) is 1.00. The molecule has 0 fully saturated rings. The molecule has 0 saturated carbocycles. The lowest BCUT2D eigenvalue weighted by Crippen LogP contribution is -2.42. The Morgan fingerprint density at radius 2 is 1.64 bits per heavy atom. The SMILES string of the molecule is CC(C)C(=O)CN(CC(N)=O)C(C)C. The average Bonchev–Trinajstić information content (AvgIpc) is 2.01. The molecule has 0 unspecified atom stereocenters. The number of ketones is 1. The Morgan fingerprint density at radius 3 is 1.93 bits per heavy atom. The van der Waals surface area contributed by atoms with Crippen LogP contribution >= 0.6 is 0 Å².